The minimum Gasteiger partial charge on any atom is -0.497 e. The molecule has 0 bridgehead atoms. The van der Waals surface area contributed by atoms with E-state index >= 15 is 0 Å². The summed E-state index contributed by atoms with van der Waals surface area (Å²) in [7, 11) is 3.03. The van der Waals surface area contributed by atoms with Gasteiger partial charge in [0.05, 0.1) is 14.2 Å². The minimum atomic E-state index is -0.910. The number of halogens is 2. The largest absolute Gasteiger partial charge is 0.497 e. The predicted octanol–water partition coefficient (Wildman–Crippen LogP) is 2.75. The van der Waals surface area contributed by atoms with Crippen LogP contribution in [0.25, 0.3) is 0 Å². The number of benzene rings is 1. The highest BCUT2D eigenvalue weighted by Crippen LogP contribution is 2.33. The topological polar surface area (TPSA) is 35.5 Å². The Morgan fingerprint density at radius 1 is 1.33 bits per heavy atom. The number of rotatable bonds is 4. The smallest absolute Gasteiger partial charge is 0.244 e. The Balaban J connectivity index is 3.12. The zero-order valence-electron chi connectivity index (χ0n) is 8.29. The molecule has 0 fully saturated rings. The lowest BCUT2D eigenvalue weighted by atomic mass is 10.1. The second-order valence-corrected chi connectivity index (χ2v) is 3.58. The number of carbonyl (C=O) groups excluding carboxylic acids is 1. The SMILES string of the molecule is COc1ccc(C(Cl)C(=O)Cl)c(OC)c1. The van der Waals surface area contributed by atoms with Crippen LogP contribution in [0.15, 0.2) is 18.2 Å². The molecule has 0 radical (unpaired) electrons. The van der Waals surface area contributed by atoms with Gasteiger partial charge >= 0.3 is 0 Å². The van der Waals surface area contributed by atoms with Gasteiger partial charge < -0.3 is 9.47 Å². The lowest BCUT2D eigenvalue weighted by Gasteiger charge is -2.11. The minimum absolute atomic E-state index is 0.475. The van der Waals surface area contributed by atoms with Crippen molar-refractivity contribution in [1.29, 1.82) is 0 Å². The average Bonchev–Trinajstić information content (AvgIpc) is 2.27. The zero-order valence-corrected chi connectivity index (χ0v) is 9.80. The molecule has 1 aromatic rings. The molecule has 82 valence electrons. The molecule has 1 atom stereocenters. The van der Waals surface area contributed by atoms with Crippen molar-refractivity contribution in [2.75, 3.05) is 14.2 Å². The maximum atomic E-state index is 10.9. The van der Waals surface area contributed by atoms with Crippen molar-refractivity contribution in [3.8, 4) is 11.5 Å². The van der Waals surface area contributed by atoms with E-state index < -0.39 is 10.6 Å². The van der Waals surface area contributed by atoms with Crippen molar-refractivity contribution in [2.45, 2.75) is 5.38 Å². The van der Waals surface area contributed by atoms with Crippen molar-refractivity contribution in [3.63, 3.8) is 0 Å². The molecule has 5 heteroatoms. The van der Waals surface area contributed by atoms with Crippen molar-refractivity contribution in [2.24, 2.45) is 0 Å². The van der Waals surface area contributed by atoms with Crippen molar-refractivity contribution >= 4 is 28.4 Å². The van der Waals surface area contributed by atoms with Crippen LogP contribution in [-0.2, 0) is 4.79 Å². The van der Waals surface area contributed by atoms with Crippen LogP contribution in [0.4, 0.5) is 0 Å². The number of hydrogen-bond acceptors (Lipinski definition) is 3. The molecule has 0 saturated carbocycles. The molecule has 0 saturated heterocycles. The molecule has 0 aliphatic rings. The van der Waals surface area contributed by atoms with E-state index in [9.17, 15) is 4.79 Å². The number of alkyl halides is 1. The molecular weight excluding hydrogens is 239 g/mol. The normalized spacial score (nSPS) is 12.0. The van der Waals surface area contributed by atoms with E-state index in [4.69, 9.17) is 32.7 Å². The standard InChI is InChI=1S/C10H10Cl2O3/c1-14-6-3-4-7(8(5-6)15-2)9(11)10(12)13/h3-5,9H,1-2H3. The second kappa shape index (κ2) is 5.24. The van der Waals surface area contributed by atoms with Crippen LogP contribution in [-0.4, -0.2) is 19.5 Å². The predicted molar refractivity (Wildman–Crippen MR) is 59.0 cm³/mol. The molecule has 3 nitrogen and oxygen atoms in total. The summed E-state index contributed by atoms with van der Waals surface area (Å²) < 4.78 is 10.1. The first-order valence-corrected chi connectivity index (χ1v) is 4.97. The lowest BCUT2D eigenvalue weighted by Crippen LogP contribution is -2.02. The van der Waals surface area contributed by atoms with E-state index in [2.05, 4.69) is 0 Å². The van der Waals surface area contributed by atoms with Gasteiger partial charge in [0, 0.05) is 11.6 Å². The number of ether oxygens (including phenoxy) is 2. The molecule has 0 aliphatic carbocycles. The summed E-state index contributed by atoms with van der Waals surface area (Å²) in [5, 5.41) is -1.55. The third kappa shape index (κ3) is 2.76. The summed E-state index contributed by atoms with van der Waals surface area (Å²) in [4.78, 5) is 10.9. The van der Waals surface area contributed by atoms with Crippen LogP contribution >= 0.6 is 23.2 Å². The van der Waals surface area contributed by atoms with Gasteiger partial charge in [0.15, 0.2) is 0 Å². The number of hydrogen-bond donors (Lipinski definition) is 0. The fourth-order valence-electron chi connectivity index (χ4n) is 1.15. The van der Waals surface area contributed by atoms with E-state index in [1.807, 2.05) is 0 Å². The fourth-order valence-corrected chi connectivity index (χ4v) is 1.45. The third-order valence-electron chi connectivity index (χ3n) is 1.91. The lowest BCUT2D eigenvalue weighted by molar-refractivity contribution is -0.111. The molecule has 0 aromatic heterocycles. The molecule has 1 unspecified atom stereocenters. The Morgan fingerprint density at radius 3 is 2.47 bits per heavy atom. The van der Waals surface area contributed by atoms with Gasteiger partial charge in [-0.05, 0) is 23.7 Å². The Labute approximate surface area is 97.9 Å². The molecule has 1 aromatic carbocycles. The van der Waals surface area contributed by atoms with E-state index in [1.54, 1.807) is 25.3 Å². The summed E-state index contributed by atoms with van der Waals surface area (Å²) >= 11 is 11.1. The fraction of sp³-hybridized carbons (Fsp3) is 0.300. The third-order valence-corrected chi connectivity index (χ3v) is 2.68. The van der Waals surface area contributed by atoms with Gasteiger partial charge in [-0.25, -0.2) is 0 Å². The van der Waals surface area contributed by atoms with Crippen LogP contribution in [0.2, 0.25) is 0 Å². The molecule has 0 spiro atoms. The molecule has 1 rings (SSSR count). The Bertz CT molecular complexity index is 366. The first kappa shape index (κ1) is 12.1. The number of carbonyl (C=O) groups is 1. The second-order valence-electron chi connectivity index (χ2n) is 2.77. The summed E-state index contributed by atoms with van der Waals surface area (Å²) in [5.41, 5.74) is 0.528. The highest BCUT2D eigenvalue weighted by Gasteiger charge is 2.19. The number of methoxy groups -OCH3 is 2. The van der Waals surface area contributed by atoms with Crippen LogP contribution in [0.1, 0.15) is 10.9 Å². The summed E-state index contributed by atoms with van der Waals surface area (Å²) in [5.74, 6) is 1.10. The highest BCUT2D eigenvalue weighted by molar-refractivity contribution is 6.68. The van der Waals surface area contributed by atoms with Gasteiger partial charge in [-0.2, -0.15) is 0 Å². The molecule has 0 amide bonds. The van der Waals surface area contributed by atoms with Gasteiger partial charge in [0.1, 0.15) is 16.9 Å². The maximum Gasteiger partial charge on any atom is 0.244 e. The van der Waals surface area contributed by atoms with Crippen LogP contribution in [0.3, 0.4) is 0 Å². The van der Waals surface area contributed by atoms with E-state index in [0.717, 1.165) is 0 Å². The molecule has 0 aliphatic heterocycles. The first-order chi connectivity index (χ1) is 7.10. The quantitative estimate of drug-likeness (QED) is 0.608. The van der Waals surface area contributed by atoms with Gasteiger partial charge in [-0.1, -0.05) is 0 Å². The molecular formula is C10H10Cl2O3. The van der Waals surface area contributed by atoms with Gasteiger partial charge in [-0.15, -0.1) is 11.6 Å². The summed E-state index contributed by atoms with van der Waals surface area (Å²) in [6.45, 7) is 0. The highest BCUT2D eigenvalue weighted by atomic mass is 35.5. The van der Waals surface area contributed by atoms with Gasteiger partial charge in [0.25, 0.3) is 0 Å². The molecule has 0 N–H and O–H groups in total. The van der Waals surface area contributed by atoms with Crippen molar-refractivity contribution < 1.29 is 14.3 Å². The summed E-state index contributed by atoms with van der Waals surface area (Å²) in [6.07, 6.45) is 0. The van der Waals surface area contributed by atoms with Crippen LogP contribution in [0.5, 0.6) is 11.5 Å². The molecule has 15 heavy (non-hydrogen) atoms. The van der Waals surface area contributed by atoms with Crippen LogP contribution < -0.4 is 9.47 Å². The Morgan fingerprint density at radius 2 is 2.00 bits per heavy atom. The van der Waals surface area contributed by atoms with Crippen molar-refractivity contribution in [1.82, 2.24) is 0 Å². The van der Waals surface area contributed by atoms with Gasteiger partial charge in [0.2, 0.25) is 5.24 Å². The Kier molecular flexibility index (Phi) is 4.24. The monoisotopic (exact) mass is 248 g/mol. The summed E-state index contributed by atoms with van der Waals surface area (Å²) in [6, 6.07) is 4.98. The maximum absolute atomic E-state index is 10.9. The zero-order chi connectivity index (χ0) is 11.4. The Hall–Kier alpha value is -0.930. The van der Waals surface area contributed by atoms with Gasteiger partial charge in [-0.3, -0.25) is 4.79 Å². The van der Waals surface area contributed by atoms with Crippen molar-refractivity contribution in [3.05, 3.63) is 23.8 Å². The van der Waals surface area contributed by atoms with E-state index in [-0.39, 0.29) is 0 Å². The molecule has 0 heterocycles. The average molecular weight is 249 g/mol. The van der Waals surface area contributed by atoms with Crippen LogP contribution in [0, 0.1) is 0 Å². The first-order valence-electron chi connectivity index (χ1n) is 4.15. The van der Waals surface area contributed by atoms with E-state index in [0.29, 0.717) is 17.1 Å². The van der Waals surface area contributed by atoms with E-state index in [1.165, 1.54) is 7.11 Å².